The zero-order valence-electron chi connectivity index (χ0n) is 11.3. The Labute approximate surface area is 116 Å². The van der Waals surface area contributed by atoms with Crippen molar-refractivity contribution < 1.29 is 13.5 Å². The summed E-state index contributed by atoms with van der Waals surface area (Å²) in [5.41, 5.74) is 0.782. The van der Waals surface area contributed by atoms with Crippen molar-refractivity contribution in [1.82, 2.24) is 9.97 Å². The van der Waals surface area contributed by atoms with E-state index in [1.54, 1.807) is 24.1 Å². The van der Waals surface area contributed by atoms with Crippen molar-refractivity contribution in [3.05, 3.63) is 47.7 Å². The van der Waals surface area contributed by atoms with Gasteiger partial charge in [-0.25, -0.2) is 13.8 Å². The van der Waals surface area contributed by atoms with E-state index in [0.29, 0.717) is 6.54 Å². The highest BCUT2D eigenvalue weighted by Crippen LogP contribution is 2.17. The van der Waals surface area contributed by atoms with Gasteiger partial charge < -0.3 is 9.64 Å². The van der Waals surface area contributed by atoms with Crippen LogP contribution in [0.5, 0.6) is 6.01 Å². The number of rotatable bonds is 5. The first-order valence-electron chi connectivity index (χ1n) is 6.21. The Balaban J connectivity index is 2.08. The predicted octanol–water partition coefficient (Wildman–Crippen LogP) is 2.79. The van der Waals surface area contributed by atoms with E-state index in [1.807, 2.05) is 6.92 Å². The highest BCUT2D eigenvalue weighted by Gasteiger charge is 2.11. The molecule has 1 aromatic heterocycles. The van der Waals surface area contributed by atoms with Crippen LogP contribution in [0.3, 0.4) is 0 Å². The summed E-state index contributed by atoms with van der Waals surface area (Å²) in [6.45, 7) is 2.70. The molecule has 2 aromatic rings. The van der Waals surface area contributed by atoms with E-state index in [-0.39, 0.29) is 24.3 Å². The van der Waals surface area contributed by atoms with E-state index in [2.05, 4.69) is 9.97 Å². The van der Waals surface area contributed by atoms with Crippen LogP contribution >= 0.6 is 0 Å². The molecule has 0 aliphatic heterocycles. The van der Waals surface area contributed by atoms with Gasteiger partial charge in [0.15, 0.2) is 11.6 Å². The Kier molecular flexibility index (Phi) is 4.45. The van der Waals surface area contributed by atoms with Crippen LogP contribution in [0.2, 0.25) is 0 Å². The van der Waals surface area contributed by atoms with Crippen LogP contribution < -0.4 is 9.64 Å². The van der Waals surface area contributed by atoms with Gasteiger partial charge in [-0.3, -0.25) is 0 Å². The molecule has 0 saturated heterocycles. The minimum absolute atomic E-state index is 0.0889. The first-order valence-corrected chi connectivity index (χ1v) is 6.21. The highest BCUT2D eigenvalue weighted by atomic mass is 19.1. The Bertz CT molecular complexity index is 575. The second-order valence-corrected chi connectivity index (χ2v) is 4.25. The normalized spacial score (nSPS) is 10.4. The van der Waals surface area contributed by atoms with Gasteiger partial charge >= 0.3 is 6.01 Å². The SMILES string of the molecule is CCN(C)c1nc(OCc2ccc(F)cc2)ncc1F. The lowest BCUT2D eigenvalue weighted by atomic mass is 10.2. The van der Waals surface area contributed by atoms with Gasteiger partial charge in [0.25, 0.3) is 0 Å². The molecule has 4 nitrogen and oxygen atoms in total. The monoisotopic (exact) mass is 279 g/mol. The summed E-state index contributed by atoms with van der Waals surface area (Å²) in [5, 5.41) is 0. The van der Waals surface area contributed by atoms with Crippen molar-refractivity contribution in [3.63, 3.8) is 0 Å². The smallest absolute Gasteiger partial charge is 0.318 e. The lowest BCUT2D eigenvalue weighted by Crippen LogP contribution is -2.19. The minimum atomic E-state index is -0.497. The molecule has 0 aliphatic carbocycles. The van der Waals surface area contributed by atoms with Crippen LogP contribution in [0.1, 0.15) is 12.5 Å². The van der Waals surface area contributed by atoms with E-state index in [1.165, 1.54) is 12.1 Å². The summed E-state index contributed by atoms with van der Waals surface area (Å²) in [6.07, 6.45) is 1.08. The largest absolute Gasteiger partial charge is 0.459 e. The fourth-order valence-electron chi connectivity index (χ4n) is 1.56. The highest BCUT2D eigenvalue weighted by molar-refractivity contribution is 5.38. The topological polar surface area (TPSA) is 38.2 Å². The Morgan fingerprint density at radius 3 is 2.55 bits per heavy atom. The van der Waals surface area contributed by atoms with Crippen LogP contribution in [0.25, 0.3) is 0 Å². The molecule has 0 unspecified atom stereocenters. The molecule has 106 valence electrons. The van der Waals surface area contributed by atoms with Gasteiger partial charge in [0.05, 0.1) is 6.20 Å². The molecule has 1 heterocycles. The summed E-state index contributed by atoms with van der Waals surface area (Å²) < 4.78 is 31.7. The van der Waals surface area contributed by atoms with Crippen LogP contribution in [0, 0.1) is 11.6 Å². The number of nitrogens with zero attached hydrogens (tertiary/aromatic N) is 3. The summed E-state index contributed by atoms with van der Waals surface area (Å²) in [6, 6.07) is 6.00. The second kappa shape index (κ2) is 6.27. The molecular formula is C14H15F2N3O. The first kappa shape index (κ1) is 14.2. The van der Waals surface area contributed by atoms with Crippen LogP contribution in [0.15, 0.2) is 30.5 Å². The molecule has 0 fully saturated rings. The minimum Gasteiger partial charge on any atom is -0.459 e. The average Bonchev–Trinajstić information content (AvgIpc) is 2.47. The summed E-state index contributed by atoms with van der Waals surface area (Å²) >= 11 is 0. The Hall–Kier alpha value is -2.24. The number of benzene rings is 1. The van der Waals surface area contributed by atoms with E-state index < -0.39 is 5.82 Å². The number of aromatic nitrogens is 2. The van der Waals surface area contributed by atoms with E-state index in [4.69, 9.17) is 4.74 Å². The maximum atomic E-state index is 13.6. The standard InChI is InChI=1S/C14H15F2N3O/c1-3-19(2)13-12(16)8-17-14(18-13)20-9-10-4-6-11(15)7-5-10/h4-8H,3,9H2,1-2H3. The van der Waals surface area contributed by atoms with Crippen molar-refractivity contribution in [2.75, 3.05) is 18.5 Å². The number of hydrogen-bond acceptors (Lipinski definition) is 4. The fourth-order valence-corrected chi connectivity index (χ4v) is 1.56. The predicted molar refractivity (Wildman–Crippen MR) is 71.7 cm³/mol. The van der Waals surface area contributed by atoms with Crippen molar-refractivity contribution in [2.45, 2.75) is 13.5 Å². The third kappa shape index (κ3) is 3.40. The third-order valence-electron chi connectivity index (χ3n) is 2.82. The molecule has 0 aliphatic rings. The van der Waals surface area contributed by atoms with Gasteiger partial charge in [0.2, 0.25) is 0 Å². The molecular weight excluding hydrogens is 264 g/mol. The molecule has 0 amide bonds. The molecule has 6 heteroatoms. The zero-order chi connectivity index (χ0) is 14.5. The number of halogens is 2. The molecule has 0 radical (unpaired) electrons. The van der Waals surface area contributed by atoms with Gasteiger partial charge in [-0.1, -0.05) is 12.1 Å². The van der Waals surface area contributed by atoms with Gasteiger partial charge in [-0.15, -0.1) is 0 Å². The lowest BCUT2D eigenvalue weighted by Gasteiger charge is -2.16. The van der Waals surface area contributed by atoms with Crippen LogP contribution in [-0.2, 0) is 6.61 Å². The maximum Gasteiger partial charge on any atom is 0.318 e. The van der Waals surface area contributed by atoms with E-state index >= 15 is 0 Å². The van der Waals surface area contributed by atoms with Crippen LogP contribution in [-0.4, -0.2) is 23.6 Å². The molecule has 20 heavy (non-hydrogen) atoms. The quantitative estimate of drug-likeness (QED) is 0.843. The van der Waals surface area contributed by atoms with Gasteiger partial charge in [-0.05, 0) is 24.6 Å². The second-order valence-electron chi connectivity index (χ2n) is 4.25. The summed E-state index contributed by atoms with van der Waals surface area (Å²) in [7, 11) is 1.73. The number of anilines is 1. The van der Waals surface area contributed by atoms with Crippen molar-refractivity contribution in [1.29, 1.82) is 0 Å². The molecule has 1 aromatic carbocycles. The van der Waals surface area contributed by atoms with Gasteiger partial charge in [-0.2, -0.15) is 4.98 Å². The average molecular weight is 279 g/mol. The number of ether oxygens (including phenoxy) is 1. The molecule has 0 bridgehead atoms. The van der Waals surface area contributed by atoms with E-state index in [9.17, 15) is 8.78 Å². The summed E-state index contributed by atoms with van der Waals surface area (Å²) in [4.78, 5) is 9.45. The number of hydrogen-bond donors (Lipinski definition) is 0. The van der Waals surface area contributed by atoms with Crippen molar-refractivity contribution >= 4 is 5.82 Å². The molecule has 0 saturated carbocycles. The van der Waals surface area contributed by atoms with Gasteiger partial charge in [0, 0.05) is 13.6 Å². The van der Waals surface area contributed by atoms with Crippen LogP contribution in [0.4, 0.5) is 14.6 Å². The summed E-state index contributed by atoms with van der Waals surface area (Å²) in [5.74, 6) is -0.612. The Morgan fingerprint density at radius 2 is 1.90 bits per heavy atom. The van der Waals surface area contributed by atoms with Gasteiger partial charge in [0.1, 0.15) is 12.4 Å². The Morgan fingerprint density at radius 1 is 1.20 bits per heavy atom. The van der Waals surface area contributed by atoms with E-state index in [0.717, 1.165) is 11.8 Å². The van der Waals surface area contributed by atoms with Crippen molar-refractivity contribution in [3.8, 4) is 6.01 Å². The lowest BCUT2D eigenvalue weighted by molar-refractivity contribution is 0.279. The maximum absolute atomic E-state index is 13.6. The first-order chi connectivity index (χ1) is 9.60. The molecule has 0 atom stereocenters. The molecule has 0 N–H and O–H groups in total. The third-order valence-corrected chi connectivity index (χ3v) is 2.82. The van der Waals surface area contributed by atoms with Crippen molar-refractivity contribution in [2.24, 2.45) is 0 Å². The fraction of sp³-hybridized carbons (Fsp3) is 0.286. The molecule has 2 rings (SSSR count). The molecule has 0 spiro atoms. The zero-order valence-corrected chi connectivity index (χ0v) is 11.3.